The Hall–Kier alpha value is -3.07. The second-order valence-electron chi connectivity index (χ2n) is 7.85. The third kappa shape index (κ3) is 4.36. The number of amides is 1. The molecule has 3 heterocycles. The molecule has 0 atom stereocenters. The molecule has 0 saturated carbocycles. The summed E-state index contributed by atoms with van der Waals surface area (Å²) < 4.78 is 12.6. The summed E-state index contributed by atoms with van der Waals surface area (Å²) in [5.41, 5.74) is 2.67. The Morgan fingerprint density at radius 1 is 1.06 bits per heavy atom. The number of aromatic nitrogens is 2. The predicted molar refractivity (Wildman–Crippen MR) is 118 cm³/mol. The number of hydrogen-bond donors (Lipinski definition) is 1. The summed E-state index contributed by atoms with van der Waals surface area (Å²) in [6.07, 6.45) is 0.739. The molecule has 1 amide bonds. The Bertz CT molecular complexity index is 1030. The molecule has 31 heavy (non-hydrogen) atoms. The van der Waals surface area contributed by atoms with Gasteiger partial charge in [0.2, 0.25) is 5.91 Å². The number of piperazine rings is 1. The lowest BCUT2D eigenvalue weighted by Crippen LogP contribution is -2.49. The number of carbonyl (C=O) groups is 1. The van der Waals surface area contributed by atoms with E-state index in [-0.39, 0.29) is 11.6 Å². The van der Waals surface area contributed by atoms with Crippen molar-refractivity contribution in [3.8, 4) is 22.8 Å². The van der Waals surface area contributed by atoms with Crippen LogP contribution in [-0.2, 0) is 17.8 Å². The predicted octanol–water partition coefficient (Wildman–Crippen LogP) is 1.06. The molecule has 0 aliphatic carbocycles. The van der Waals surface area contributed by atoms with E-state index >= 15 is 0 Å². The molecule has 1 N–H and O–H groups in total. The van der Waals surface area contributed by atoms with Crippen LogP contribution in [0.15, 0.2) is 23.0 Å². The van der Waals surface area contributed by atoms with Crippen molar-refractivity contribution in [2.75, 3.05) is 58.8 Å². The summed E-state index contributed by atoms with van der Waals surface area (Å²) in [5.74, 6) is 2.03. The number of anilines is 1. The molecule has 1 saturated heterocycles. The van der Waals surface area contributed by atoms with E-state index in [1.807, 2.05) is 23.1 Å². The van der Waals surface area contributed by atoms with Crippen molar-refractivity contribution in [1.29, 1.82) is 0 Å². The molecule has 0 bridgehead atoms. The van der Waals surface area contributed by atoms with Gasteiger partial charge in [-0.1, -0.05) is 0 Å². The average Bonchev–Trinajstić information content (AvgIpc) is 2.78. The zero-order valence-electron chi connectivity index (χ0n) is 18.3. The highest BCUT2D eigenvalue weighted by Crippen LogP contribution is 2.38. The van der Waals surface area contributed by atoms with Crippen LogP contribution >= 0.6 is 0 Å². The van der Waals surface area contributed by atoms with Crippen LogP contribution in [0.25, 0.3) is 11.3 Å². The zero-order chi connectivity index (χ0) is 22.0. The Morgan fingerprint density at radius 3 is 2.45 bits per heavy atom. The molecule has 166 valence electrons. The summed E-state index contributed by atoms with van der Waals surface area (Å²) in [4.78, 5) is 32.5. The fourth-order valence-corrected chi connectivity index (χ4v) is 4.26. The van der Waals surface area contributed by atoms with Crippen LogP contribution in [0, 0.1) is 0 Å². The molecule has 0 spiro atoms. The highest BCUT2D eigenvalue weighted by molar-refractivity contribution is 5.73. The molecule has 0 radical (unpaired) electrons. The third-order valence-electron chi connectivity index (χ3n) is 6.05. The molecule has 9 heteroatoms. The van der Waals surface area contributed by atoms with Crippen LogP contribution < -0.4 is 20.5 Å². The van der Waals surface area contributed by atoms with Crippen LogP contribution in [0.2, 0.25) is 0 Å². The van der Waals surface area contributed by atoms with Crippen molar-refractivity contribution < 1.29 is 14.3 Å². The number of nitrogens with one attached hydrogen (secondary N) is 1. The summed E-state index contributed by atoms with van der Waals surface area (Å²) in [6, 6.07) is 5.84. The lowest BCUT2D eigenvalue weighted by atomic mass is 9.97. The fourth-order valence-electron chi connectivity index (χ4n) is 4.26. The maximum atomic E-state index is 12.6. The Kier molecular flexibility index (Phi) is 6.13. The van der Waals surface area contributed by atoms with Crippen molar-refractivity contribution in [2.45, 2.75) is 19.9 Å². The minimum atomic E-state index is -0.254. The number of hydrogen-bond acceptors (Lipinski definition) is 7. The van der Waals surface area contributed by atoms with Gasteiger partial charge in [0, 0.05) is 64.4 Å². The van der Waals surface area contributed by atoms with Crippen molar-refractivity contribution in [3.05, 3.63) is 34.2 Å². The van der Waals surface area contributed by atoms with Crippen molar-refractivity contribution in [1.82, 2.24) is 19.4 Å². The van der Waals surface area contributed by atoms with E-state index in [0.29, 0.717) is 30.4 Å². The van der Waals surface area contributed by atoms with E-state index < -0.39 is 0 Å². The van der Waals surface area contributed by atoms with Crippen LogP contribution in [0.3, 0.4) is 0 Å². The number of aryl methyl sites for hydroxylation is 1. The molecule has 2 aliphatic rings. The van der Waals surface area contributed by atoms with Gasteiger partial charge in [-0.15, -0.1) is 0 Å². The van der Waals surface area contributed by atoms with Crippen LogP contribution in [0.4, 0.5) is 5.82 Å². The molecule has 2 aliphatic heterocycles. The normalized spacial score (nSPS) is 15.8. The first-order valence-corrected chi connectivity index (χ1v) is 10.6. The fraction of sp³-hybridized carbons (Fsp3) is 0.500. The molecule has 1 fully saturated rings. The molecule has 2 aromatic rings. The molecule has 1 aromatic carbocycles. The van der Waals surface area contributed by atoms with Crippen molar-refractivity contribution in [2.24, 2.45) is 0 Å². The van der Waals surface area contributed by atoms with Gasteiger partial charge in [0.1, 0.15) is 5.82 Å². The topological polar surface area (TPSA) is 88.9 Å². The van der Waals surface area contributed by atoms with Gasteiger partial charge >= 0.3 is 5.69 Å². The first-order valence-electron chi connectivity index (χ1n) is 10.6. The van der Waals surface area contributed by atoms with Gasteiger partial charge < -0.3 is 19.7 Å². The summed E-state index contributed by atoms with van der Waals surface area (Å²) in [7, 11) is 3.23. The minimum absolute atomic E-state index is 0.131. The quantitative estimate of drug-likeness (QED) is 0.737. The van der Waals surface area contributed by atoms with Gasteiger partial charge in [0.15, 0.2) is 11.5 Å². The summed E-state index contributed by atoms with van der Waals surface area (Å²) in [6.45, 7) is 6.94. The first-order chi connectivity index (χ1) is 15.0. The highest BCUT2D eigenvalue weighted by Gasteiger charge is 2.22. The lowest BCUT2D eigenvalue weighted by Gasteiger charge is -2.34. The average molecular weight is 428 g/mol. The highest BCUT2D eigenvalue weighted by atomic mass is 16.5. The maximum Gasteiger partial charge on any atom is 0.349 e. The van der Waals surface area contributed by atoms with Crippen molar-refractivity contribution in [3.63, 3.8) is 0 Å². The van der Waals surface area contributed by atoms with Gasteiger partial charge in [-0.2, -0.15) is 4.98 Å². The van der Waals surface area contributed by atoms with Gasteiger partial charge in [-0.25, -0.2) is 4.79 Å². The second-order valence-corrected chi connectivity index (χ2v) is 7.85. The van der Waals surface area contributed by atoms with Gasteiger partial charge in [-0.05, 0) is 24.1 Å². The van der Waals surface area contributed by atoms with E-state index in [2.05, 4.69) is 15.2 Å². The Morgan fingerprint density at radius 2 is 1.77 bits per heavy atom. The van der Waals surface area contributed by atoms with E-state index in [1.54, 1.807) is 25.7 Å². The van der Waals surface area contributed by atoms with Crippen LogP contribution in [0.1, 0.15) is 12.5 Å². The van der Waals surface area contributed by atoms with E-state index in [0.717, 1.165) is 56.0 Å². The number of methoxy groups -OCH3 is 2. The van der Waals surface area contributed by atoms with E-state index in [1.165, 1.54) is 0 Å². The number of fused-ring (bicyclic) bond motifs is 3. The second kappa shape index (κ2) is 8.97. The molecular weight excluding hydrogens is 398 g/mol. The number of nitrogens with zero attached hydrogens (tertiary/aromatic N) is 4. The Balaban J connectivity index is 1.48. The third-order valence-corrected chi connectivity index (χ3v) is 6.05. The SMILES string of the molecule is COc1cc2c(cc1OC)-c1cc(NCCN3CCN(C(C)=O)CC3)nc(=O)n1CC2. The number of benzene rings is 1. The van der Waals surface area contributed by atoms with E-state index in [9.17, 15) is 9.59 Å². The monoisotopic (exact) mass is 427 g/mol. The first kappa shape index (κ1) is 21.2. The number of ether oxygens (including phenoxy) is 2. The van der Waals surface area contributed by atoms with Gasteiger partial charge in [0.05, 0.1) is 19.9 Å². The number of rotatable bonds is 6. The lowest BCUT2D eigenvalue weighted by molar-refractivity contribution is -0.130. The molecule has 9 nitrogen and oxygen atoms in total. The molecule has 1 aromatic heterocycles. The van der Waals surface area contributed by atoms with Gasteiger partial charge in [0.25, 0.3) is 0 Å². The maximum absolute atomic E-state index is 12.6. The summed E-state index contributed by atoms with van der Waals surface area (Å²) >= 11 is 0. The van der Waals surface area contributed by atoms with Crippen LogP contribution in [-0.4, -0.2) is 78.7 Å². The van der Waals surface area contributed by atoms with Gasteiger partial charge in [-0.3, -0.25) is 14.3 Å². The minimum Gasteiger partial charge on any atom is -0.493 e. The smallest absolute Gasteiger partial charge is 0.349 e. The zero-order valence-corrected chi connectivity index (χ0v) is 18.3. The molecule has 4 rings (SSSR count). The largest absolute Gasteiger partial charge is 0.493 e. The Labute approximate surface area is 181 Å². The van der Waals surface area contributed by atoms with E-state index in [4.69, 9.17) is 9.47 Å². The van der Waals surface area contributed by atoms with Crippen molar-refractivity contribution >= 4 is 11.7 Å². The number of carbonyl (C=O) groups excluding carboxylic acids is 1. The molecule has 0 unspecified atom stereocenters. The molecular formula is C22H29N5O4. The summed E-state index contributed by atoms with van der Waals surface area (Å²) in [5, 5.41) is 3.30. The standard InChI is InChI=1S/C22H29N5O4/c1-15(28)26-10-8-25(9-11-26)7-5-23-21-14-18-17-13-20(31-3)19(30-2)12-16(17)4-6-27(18)22(29)24-21/h12-14H,4-11H2,1-3H3,(H,23,24,29). The van der Waals surface area contributed by atoms with Crippen LogP contribution in [0.5, 0.6) is 11.5 Å².